The van der Waals surface area contributed by atoms with Crippen LogP contribution in [0.5, 0.6) is 5.88 Å². The fourth-order valence-corrected chi connectivity index (χ4v) is 5.31. The number of nitrogens with one attached hydrogen (secondary N) is 1. The fourth-order valence-electron chi connectivity index (χ4n) is 4.33. The van der Waals surface area contributed by atoms with Crippen LogP contribution in [0.15, 0.2) is 30.7 Å². The molecule has 1 atom stereocenters. The number of carbonyl (C=O) groups is 1. The maximum atomic E-state index is 12.9. The summed E-state index contributed by atoms with van der Waals surface area (Å²) in [5.41, 5.74) is 2.61. The molecule has 0 aromatic carbocycles. The molecule has 0 radical (unpaired) electrons. The molecule has 0 saturated carbocycles. The molecule has 2 aliphatic heterocycles. The summed E-state index contributed by atoms with van der Waals surface area (Å²) < 4.78 is 12.0. The zero-order chi connectivity index (χ0) is 20.6. The van der Waals surface area contributed by atoms with E-state index in [4.69, 9.17) is 9.47 Å². The van der Waals surface area contributed by atoms with Crippen LogP contribution in [0.25, 0.3) is 21.3 Å². The maximum absolute atomic E-state index is 12.9. The Hall–Kier alpha value is -2.78. The van der Waals surface area contributed by atoms with Crippen LogP contribution in [-0.4, -0.2) is 59.3 Å². The molecule has 5 rings (SSSR count). The average molecular weight is 426 g/mol. The van der Waals surface area contributed by atoms with Crippen LogP contribution in [0.3, 0.4) is 0 Å². The van der Waals surface area contributed by atoms with Crippen molar-refractivity contribution in [1.29, 1.82) is 0 Å². The number of urea groups is 1. The summed E-state index contributed by atoms with van der Waals surface area (Å²) in [5.74, 6) is 0.439. The topological polar surface area (TPSA) is 89.5 Å². The van der Waals surface area contributed by atoms with Crippen molar-refractivity contribution in [2.45, 2.75) is 19.3 Å². The zero-order valence-corrected chi connectivity index (χ0v) is 17.6. The molecule has 8 nitrogen and oxygen atoms in total. The summed E-state index contributed by atoms with van der Waals surface area (Å²) in [4.78, 5) is 28.0. The van der Waals surface area contributed by atoms with Gasteiger partial charge in [-0.05, 0) is 25.3 Å². The zero-order valence-electron chi connectivity index (χ0n) is 16.8. The number of anilines is 1. The molecule has 2 saturated heterocycles. The highest BCUT2D eigenvalue weighted by molar-refractivity contribution is 7.23. The van der Waals surface area contributed by atoms with Crippen molar-refractivity contribution in [3.8, 4) is 17.0 Å². The molecule has 3 aromatic heterocycles. The summed E-state index contributed by atoms with van der Waals surface area (Å²) in [5, 5.41) is 3.51. The Morgan fingerprint density at radius 1 is 1.37 bits per heavy atom. The first-order valence-electron chi connectivity index (χ1n) is 10.1. The van der Waals surface area contributed by atoms with Crippen molar-refractivity contribution in [3.05, 3.63) is 30.7 Å². The average Bonchev–Trinajstić information content (AvgIpc) is 3.38. The number of amides is 2. The Bertz CT molecular complexity index is 1070. The van der Waals surface area contributed by atoms with E-state index in [1.54, 1.807) is 25.7 Å². The van der Waals surface area contributed by atoms with Gasteiger partial charge in [-0.15, -0.1) is 0 Å². The summed E-state index contributed by atoms with van der Waals surface area (Å²) in [6.45, 7) is 3.05. The minimum atomic E-state index is -0.119. The number of rotatable bonds is 3. The highest BCUT2D eigenvalue weighted by Gasteiger charge is 2.41. The van der Waals surface area contributed by atoms with Gasteiger partial charge in [0.05, 0.1) is 18.4 Å². The Morgan fingerprint density at radius 3 is 3.07 bits per heavy atom. The van der Waals surface area contributed by atoms with Crippen LogP contribution in [0.2, 0.25) is 0 Å². The lowest BCUT2D eigenvalue weighted by molar-refractivity contribution is -0.000213. The largest absolute Gasteiger partial charge is 0.479 e. The van der Waals surface area contributed by atoms with E-state index in [2.05, 4.69) is 20.3 Å². The van der Waals surface area contributed by atoms with E-state index in [1.165, 1.54) is 11.3 Å². The van der Waals surface area contributed by atoms with Crippen molar-refractivity contribution >= 4 is 32.7 Å². The molecular weight excluding hydrogens is 402 g/mol. The Morgan fingerprint density at radius 2 is 2.30 bits per heavy atom. The standard InChI is InChI=1S/C21H23N5O3S/c1-28-18-16-17(15(11-23-18)14-4-2-7-22-10-14)30-19(24-16)25-20(27)26-8-6-21(12-26)5-3-9-29-13-21/h2,4,7,10-11H,3,5-6,8-9,12-13H2,1H3,(H,24,25,27). The first-order valence-corrected chi connectivity index (χ1v) is 10.9. The van der Waals surface area contributed by atoms with E-state index in [0.29, 0.717) is 16.5 Å². The maximum Gasteiger partial charge on any atom is 0.323 e. The second-order valence-electron chi connectivity index (χ2n) is 7.88. The van der Waals surface area contributed by atoms with Gasteiger partial charge in [-0.1, -0.05) is 17.4 Å². The van der Waals surface area contributed by atoms with Gasteiger partial charge < -0.3 is 14.4 Å². The molecular formula is C21H23N5O3S. The Balaban J connectivity index is 1.40. The van der Waals surface area contributed by atoms with Gasteiger partial charge in [-0.25, -0.2) is 14.8 Å². The molecule has 1 N–H and O–H groups in total. The number of fused-ring (bicyclic) bond motifs is 1. The number of thiazole rings is 1. The normalized spacial score (nSPS) is 21.3. The molecule has 156 valence electrons. The molecule has 3 aromatic rings. The number of pyridine rings is 2. The van der Waals surface area contributed by atoms with Gasteiger partial charge in [0.15, 0.2) is 5.13 Å². The third kappa shape index (κ3) is 3.48. The molecule has 0 aliphatic carbocycles. The predicted octanol–water partition coefficient (Wildman–Crippen LogP) is 3.80. The first-order chi connectivity index (χ1) is 14.7. The summed E-state index contributed by atoms with van der Waals surface area (Å²) in [6.07, 6.45) is 8.46. The third-order valence-corrected chi connectivity index (χ3v) is 6.90. The van der Waals surface area contributed by atoms with Gasteiger partial charge >= 0.3 is 6.03 Å². The number of hydrogen-bond acceptors (Lipinski definition) is 7. The van der Waals surface area contributed by atoms with Crippen LogP contribution in [-0.2, 0) is 4.74 Å². The lowest BCUT2D eigenvalue weighted by Crippen LogP contribution is -2.38. The summed E-state index contributed by atoms with van der Waals surface area (Å²) in [6, 6.07) is 3.74. The number of ether oxygens (including phenoxy) is 2. The molecule has 0 bridgehead atoms. The Labute approximate surface area is 178 Å². The number of aromatic nitrogens is 3. The summed E-state index contributed by atoms with van der Waals surface area (Å²) in [7, 11) is 1.57. The first kappa shape index (κ1) is 19.2. The summed E-state index contributed by atoms with van der Waals surface area (Å²) >= 11 is 1.42. The van der Waals surface area contributed by atoms with Gasteiger partial charge in [-0.2, -0.15) is 0 Å². The SMILES string of the molecule is COc1ncc(-c2cccnc2)c2sc(NC(=O)N3CCC4(CCCOC4)C3)nc12. The van der Waals surface area contributed by atoms with E-state index in [0.717, 1.165) is 61.4 Å². The van der Waals surface area contributed by atoms with E-state index in [9.17, 15) is 4.79 Å². The van der Waals surface area contributed by atoms with Gasteiger partial charge in [-0.3, -0.25) is 10.3 Å². The van der Waals surface area contributed by atoms with Gasteiger partial charge in [0, 0.05) is 54.8 Å². The van der Waals surface area contributed by atoms with Gasteiger partial charge in [0.1, 0.15) is 5.52 Å². The lowest BCUT2D eigenvalue weighted by Gasteiger charge is -2.32. The number of likely N-dealkylation sites (tertiary alicyclic amines) is 1. The monoisotopic (exact) mass is 425 g/mol. The van der Waals surface area contributed by atoms with Crippen molar-refractivity contribution in [1.82, 2.24) is 19.9 Å². The molecule has 2 aliphatic rings. The van der Waals surface area contributed by atoms with E-state index >= 15 is 0 Å². The third-order valence-electron chi connectivity index (χ3n) is 5.89. The highest BCUT2D eigenvalue weighted by Crippen LogP contribution is 2.40. The molecule has 5 heterocycles. The predicted molar refractivity (Wildman–Crippen MR) is 115 cm³/mol. The number of hydrogen-bond donors (Lipinski definition) is 1. The van der Waals surface area contributed by atoms with Crippen molar-refractivity contribution in [2.75, 3.05) is 38.7 Å². The Kier molecular flexibility index (Phi) is 5.00. The van der Waals surface area contributed by atoms with Crippen LogP contribution in [0.4, 0.5) is 9.93 Å². The van der Waals surface area contributed by atoms with Gasteiger partial charge in [0.25, 0.3) is 0 Å². The van der Waals surface area contributed by atoms with Crippen molar-refractivity contribution < 1.29 is 14.3 Å². The quantitative estimate of drug-likeness (QED) is 0.687. The lowest BCUT2D eigenvalue weighted by atomic mass is 9.82. The molecule has 1 spiro atoms. The van der Waals surface area contributed by atoms with Crippen LogP contribution in [0.1, 0.15) is 19.3 Å². The molecule has 9 heteroatoms. The fraction of sp³-hybridized carbons (Fsp3) is 0.429. The van der Waals surface area contributed by atoms with E-state index in [-0.39, 0.29) is 11.4 Å². The second-order valence-corrected chi connectivity index (χ2v) is 8.88. The van der Waals surface area contributed by atoms with Gasteiger partial charge in [0.2, 0.25) is 5.88 Å². The van der Waals surface area contributed by atoms with Crippen LogP contribution in [0, 0.1) is 5.41 Å². The highest BCUT2D eigenvalue weighted by atomic mass is 32.1. The van der Waals surface area contributed by atoms with Crippen LogP contribution >= 0.6 is 11.3 Å². The number of methoxy groups -OCH3 is 1. The minimum absolute atomic E-state index is 0.115. The molecule has 2 fully saturated rings. The van der Waals surface area contributed by atoms with Crippen molar-refractivity contribution in [3.63, 3.8) is 0 Å². The smallest absolute Gasteiger partial charge is 0.323 e. The molecule has 2 amide bonds. The number of carbonyl (C=O) groups excluding carboxylic acids is 1. The van der Waals surface area contributed by atoms with E-state index in [1.807, 2.05) is 17.0 Å². The number of nitrogens with zero attached hydrogens (tertiary/aromatic N) is 4. The molecule has 1 unspecified atom stereocenters. The second kappa shape index (κ2) is 7.81. The van der Waals surface area contributed by atoms with Crippen molar-refractivity contribution in [2.24, 2.45) is 5.41 Å². The van der Waals surface area contributed by atoms with Crippen LogP contribution < -0.4 is 10.1 Å². The molecule has 30 heavy (non-hydrogen) atoms. The van der Waals surface area contributed by atoms with E-state index < -0.39 is 0 Å². The minimum Gasteiger partial charge on any atom is -0.479 e.